The molecule has 166 valence electrons. The number of nitrogens with one attached hydrogen (secondary N) is 2. The van der Waals surface area contributed by atoms with E-state index in [4.69, 9.17) is 0 Å². The number of aliphatic hydroxyl groups is 1. The van der Waals surface area contributed by atoms with Crippen LogP contribution >= 0.6 is 0 Å². The van der Waals surface area contributed by atoms with Crippen molar-refractivity contribution in [3.8, 4) is 6.07 Å². The monoisotopic (exact) mass is 436 g/mol. The lowest BCUT2D eigenvalue weighted by atomic mass is 9.83. The van der Waals surface area contributed by atoms with Crippen molar-refractivity contribution in [2.75, 3.05) is 10.6 Å². The summed E-state index contributed by atoms with van der Waals surface area (Å²) in [5.74, 6) is 0.292. The first kappa shape index (κ1) is 22.6. The summed E-state index contributed by atoms with van der Waals surface area (Å²) in [4.78, 5) is 8.22. The molecule has 2 aromatic rings. The van der Waals surface area contributed by atoms with E-state index < -0.39 is 17.3 Å². The van der Waals surface area contributed by atoms with Crippen molar-refractivity contribution in [2.24, 2.45) is 0 Å². The normalized spacial score (nSPS) is 21.4. The number of aromatic nitrogens is 3. The predicted molar refractivity (Wildman–Crippen MR) is 106 cm³/mol. The molecular weight excluding hydrogens is 413 g/mol. The summed E-state index contributed by atoms with van der Waals surface area (Å²) in [6.45, 7) is 2.75. The van der Waals surface area contributed by atoms with Gasteiger partial charge in [-0.2, -0.15) is 28.1 Å². The summed E-state index contributed by atoms with van der Waals surface area (Å²) >= 11 is 0. The maximum Gasteiger partial charge on any atom is 0.417 e. The molecule has 11 heteroatoms. The fourth-order valence-corrected chi connectivity index (χ4v) is 3.49. The van der Waals surface area contributed by atoms with E-state index in [1.54, 1.807) is 6.92 Å². The Morgan fingerprint density at radius 1 is 1.39 bits per heavy atom. The molecule has 1 aliphatic carbocycles. The summed E-state index contributed by atoms with van der Waals surface area (Å²) in [5.41, 5.74) is -1.73. The highest BCUT2D eigenvalue weighted by atomic mass is 19.4. The lowest BCUT2D eigenvalue weighted by Gasteiger charge is -2.33. The van der Waals surface area contributed by atoms with Crippen LogP contribution in [0.15, 0.2) is 18.5 Å². The van der Waals surface area contributed by atoms with Crippen LogP contribution in [-0.4, -0.2) is 26.7 Å². The Hall–Kier alpha value is -3.13. The van der Waals surface area contributed by atoms with Crippen LogP contribution in [0.25, 0.3) is 0 Å². The Morgan fingerprint density at radius 3 is 2.68 bits per heavy atom. The maximum atomic E-state index is 13.3. The number of hydrogen-bond donors (Lipinski definition) is 3. The lowest BCUT2D eigenvalue weighted by molar-refractivity contribution is -0.613. The quantitative estimate of drug-likeness (QED) is 0.487. The molecule has 1 aliphatic rings. The third-order valence-electron chi connectivity index (χ3n) is 5.38. The number of hydrogen-bond acceptors (Lipinski definition) is 7. The standard InChI is InChI=1S/C20H23F3N6O2/c1-12-7-16(20(21,22)23)14(11-29(12)31)10-26-18-25-9-13(8-24)17(28-18)27-15-3-5-19(2,30)6-4-15/h7,9,11,15,30H,3-6,10H2,1-2H3,(H2,25,26,27,28). The zero-order valence-corrected chi connectivity index (χ0v) is 17.1. The fourth-order valence-electron chi connectivity index (χ4n) is 3.49. The molecular formula is C20H23F3N6O2. The van der Waals surface area contributed by atoms with Gasteiger partial charge in [-0.05, 0) is 32.6 Å². The molecule has 0 saturated heterocycles. The molecule has 1 saturated carbocycles. The SMILES string of the molecule is Cc1cc(C(F)(F)F)c(CNc2ncc(C#N)c(NC3CCC(C)(O)CC3)n2)c[n+]1[O-]. The Balaban J connectivity index is 1.77. The van der Waals surface area contributed by atoms with E-state index in [1.807, 2.05) is 6.07 Å². The summed E-state index contributed by atoms with van der Waals surface area (Å²) in [5, 5.41) is 37.0. The molecule has 0 aromatic carbocycles. The highest BCUT2D eigenvalue weighted by Crippen LogP contribution is 2.32. The molecule has 8 nitrogen and oxygen atoms in total. The van der Waals surface area contributed by atoms with E-state index in [9.17, 15) is 28.7 Å². The highest BCUT2D eigenvalue weighted by Gasteiger charge is 2.35. The first-order valence-corrected chi connectivity index (χ1v) is 9.78. The number of aryl methyl sites for hydroxylation is 1. The van der Waals surface area contributed by atoms with Crippen LogP contribution in [-0.2, 0) is 12.7 Å². The maximum absolute atomic E-state index is 13.3. The summed E-state index contributed by atoms with van der Waals surface area (Å²) in [6.07, 6.45) is 0.124. The topological polar surface area (TPSA) is 121 Å². The number of alkyl halides is 3. The molecule has 2 heterocycles. The number of halogens is 3. The molecule has 0 bridgehead atoms. The molecule has 0 atom stereocenters. The van der Waals surface area contributed by atoms with Gasteiger partial charge in [-0.3, -0.25) is 0 Å². The van der Waals surface area contributed by atoms with E-state index in [0.717, 1.165) is 12.3 Å². The number of pyridine rings is 1. The molecule has 2 aromatic heterocycles. The van der Waals surface area contributed by atoms with Crippen LogP contribution in [0.3, 0.4) is 0 Å². The lowest BCUT2D eigenvalue weighted by Crippen LogP contribution is -2.36. The average Bonchev–Trinajstić information content (AvgIpc) is 2.69. The van der Waals surface area contributed by atoms with Crippen LogP contribution in [0.2, 0.25) is 0 Å². The molecule has 0 aliphatic heterocycles. The first-order valence-electron chi connectivity index (χ1n) is 9.78. The zero-order chi connectivity index (χ0) is 22.8. The molecule has 3 rings (SSSR count). The Morgan fingerprint density at radius 2 is 2.06 bits per heavy atom. The molecule has 3 N–H and O–H groups in total. The number of rotatable bonds is 5. The number of nitrogens with zero attached hydrogens (tertiary/aromatic N) is 4. The van der Waals surface area contributed by atoms with Crippen LogP contribution in [0.4, 0.5) is 24.9 Å². The highest BCUT2D eigenvalue weighted by molar-refractivity contribution is 5.54. The van der Waals surface area contributed by atoms with E-state index in [0.29, 0.717) is 30.4 Å². The average molecular weight is 436 g/mol. The fraction of sp³-hybridized carbons (Fsp3) is 0.500. The van der Waals surface area contributed by atoms with E-state index >= 15 is 0 Å². The smallest absolute Gasteiger partial charge is 0.417 e. The van der Waals surface area contributed by atoms with Gasteiger partial charge in [0.1, 0.15) is 17.5 Å². The van der Waals surface area contributed by atoms with Gasteiger partial charge in [0, 0.05) is 31.1 Å². The van der Waals surface area contributed by atoms with Gasteiger partial charge in [-0.25, -0.2) is 4.98 Å². The predicted octanol–water partition coefficient (Wildman–Crippen LogP) is 3.03. The van der Waals surface area contributed by atoms with Gasteiger partial charge >= 0.3 is 6.18 Å². The summed E-state index contributed by atoms with van der Waals surface area (Å²) in [6, 6.07) is 2.79. The minimum atomic E-state index is -4.61. The molecule has 0 spiro atoms. The summed E-state index contributed by atoms with van der Waals surface area (Å²) in [7, 11) is 0. The third-order valence-corrected chi connectivity index (χ3v) is 5.38. The molecule has 31 heavy (non-hydrogen) atoms. The minimum absolute atomic E-state index is 0.00317. The minimum Gasteiger partial charge on any atom is -0.618 e. The van der Waals surface area contributed by atoms with Crippen molar-refractivity contribution >= 4 is 11.8 Å². The second kappa shape index (κ2) is 8.55. The Labute approximate surface area is 177 Å². The van der Waals surface area contributed by atoms with E-state index in [1.165, 1.54) is 13.1 Å². The van der Waals surface area contributed by atoms with Gasteiger partial charge < -0.3 is 20.9 Å². The largest absolute Gasteiger partial charge is 0.618 e. The van der Waals surface area contributed by atoms with Gasteiger partial charge in [-0.15, -0.1) is 0 Å². The van der Waals surface area contributed by atoms with Crippen molar-refractivity contribution in [1.29, 1.82) is 5.26 Å². The van der Waals surface area contributed by atoms with E-state index in [2.05, 4.69) is 20.6 Å². The van der Waals surface area contributed by atoms with Gasteiger partial charge in [0.2, 0.25) is 5.95 Å². The Kier molecular flexibility index (Phi) is 6.22. The molecule has 0 amide bonds. The molecule has 1 fully saturated rings. The first-order chi connectivity index (χ1) is 14.5. The number of nitriles is 1. The van der Waals surface area contributed by atoms with Crippen molar-refractivity contribution in [3.63, 3.8) is 0 Å². The number of anilines is 2. The van der Waals surface area contributed by atoms with Crippen molar-refractivity contribution in [3.05, 3.63) is 46.1 Å². The van der Waals surface area contributed by atoms with Crippen LogP contribution in [0.5, 0.6) is 0 Å². The Bertz CT molecular complexity index is 994. The van der Waals surface area contributed by atoms with Crippen molar-refractivity contribution in [2.45, 2.75) is 63.9 Å². The van der Waals surface area contributed by atoms with Crippen molar-refractivity contribution in [1.82, 2.24) is 9.97 Å². The van der Waals surface area contributed by atoms with Crippen LogP contribution in [0.1, 0.15) is 55.0 Å². The zero-order valence-electron chi connectivity index (χ0n) is 17.1. The van der Waals surface area contributed by atoms with Crippen LogP contribution < -0.4 is 15.4 Å². The molecule has 0 unspecified atom stereocenters. The van der Waals surface area contributed by atoms with Gasteiger partial charge in [0.15, 0.2) is 11.9 Å². The summed E-state index contributed by atoms with van der Waals surface area (Å²) < 4.78 is 40.4. The van der Waals surface area contributed by atoms with Crippen LogP contribution in [0, 0.1) is 23.5 Å². The van der Waals surface area contributed by atoms with Gasteiger partial charge in [0.25, 0.3) is 0 Å². The van der Waals surface area contributed by atoms with Gasteiger partial charge in [-0.1, -0.05) is 0 Å². The third kappa shape index (κ3) is 5.52. The second-order valence-electron chi connectivity index (χ2n) is 8.01. The molecule has 0 radical (unpaired) electrons. The second-order valence-corrected chi connectivity index (χ2v) is 8.01. The van der Waals surface area contributed by atoms with E-state index in [-0.39, 0.29) is 41.2 Å². The van der Waals surface area contributed by atoms with Crippen molar-refractivity contribution < 1.29 is 23.0 Å². The van der Waals surface area contributed by atoms with Gasteiger partial charge in [0.05, 0.1) is 17.4 Å².